The molecule has 0 spiro atoms. The molecule has 0 aliphatic heterocycles. The Morgan fingerprint density at radius 1 is 0.684 bits per heavy atom. The first-order valence-corrected chi connectivity index (χ1v) is 20.3. The van der Waals surface area contributed by atoms with Crippen LogP contribution in [-0.4, -0.2) is 66.5 Å². The molecule has 1 amide bonds. The van der Waals surface area contributed by atoms with E-state index in [9.17, 15) is 19.7 Å². The van der Waals surface area contributed by atoms with Gasteiger partial charge in [-0.2, -0.15) is 0 Å². The lowest BCUT2D eigenvalue weighted by molar-refractivity contribution is -0.384. The molecule has 0 fully saturated rings. The van der Waals surface area contributed by atoms with Crippen molar-refractivity contribution >= 4 is 29.7 Å². The third-order valence-corrected chi connectivity index (χ3v) is 11.4. The van der Waals surface area contributed by atoms with Gasteiger partial charge in [-0.25, -0.2) is 9.59 Å². The largest absolute Gasteiger partial charge is 0.514 e. The number of carbonyl (C=O) groups is 2. The molecule has 1 atom stereocenters. The fraction of sp³-hybridized carbons (Fsp3) is 0.304. The average Bonchev–Trinajstić information content (AvgIpc) is 3.24. The van der Waals surface area contributed by atoms with Crippen LogP contribution >= 0.6 is 11.8 Å². The zero-order valence-electron chi connectivity index (χ0n) is 32.8. The van der Waals surface area contributed by atoms with Gasteiger partial charge in [-0.3, -0.25) is 10.1 Å². The molecule has 0 radical (unpaired) electrons. The van der Waals surface area contributed by atoms with Gasteiger partial charge in [0.2, 0.25) is 0 Å². The third kappa shape index (κ3) is 12.2. The second-order valence-corrected chi connectivity index (χ2v) is 15.1. The number of thioether (sulfide) groups is 1. The van der Waals surface area contributed by atoms with E-state index in [-0.39, 0.29) is 11.4 Å². The highest BCUT2D eigenvalue weighted by molar-refractivity contribution is 8.00. The van der Waals surface area contributed by atoms with Gasteiger partial charge in [0, 0.05) is 25.7 Å². The van der Waals surface area contributed by atoms with Crippen molar-refractivity contribution in [2.45, 2.75) is 49.9 Å². The minimum Gasteiger partial charge on any atom is -0.426 e. The number of ether oxygens (including phenoxy) is 3. The normalized spacial score (nSPS) is 11.8. The summed E-state index contributed by atoms with van der Waals surface area (Å²) in [5.41, 5.74) is 4.25. The van der Waals surface area contributed by atoms with Crippen molar-refractivity contribution in [3.8, 4) is 11.5 Å². The smallest absolute Gasteiger partial charge is 0.426 e. The summed E-state index contributed by atoms with van der Waals surface area (Å²) < 4.78 is 16.5. The van der Waals surface area contributed by atoms with Crippen molar-refractivity contribution in [2.24, 2.45) is 0 Å². The maximum atomic E-state index is 13.0. The Hall–Kier alpha value is -5.65. The average molecular weight is 790 g/mol. The van der Waals surface area contributed by atoms with Gasteiger partial charge in [0.1, 0.15) is 17.6 Å². The number of nitro groups is 1. The molecule has 0 heterocycles. The van der Waals surface area contributed by atoms with Gasteiger partial charge in [0.05, 0.1) is 9.67 Å². The molecule has 57 heavy (non-hydrogen) atoms. The van der Waals surface area contributed by atoms with Crippen LogP contribution in [0.4, 0.5) is 15.3 Å². The van der Waals surface area contributed by atoms with Crippen molar-refractivity contribution in [3.63, 3.8) is 0 Å². The highest BCUT2D eigenvalue weighted by Crippen LogP contribution is 2.48. The molecular weight excluding hydrogens is 739 g/mol. The quantitative estimate of drug-likeness (QED) is 0.0190. The summed E-state index contributed by atoms with van der Waals surface area (Å²) in [6.07, 6.45) is 1.91. The number of hydrogen-bond donors (Lipinski definition) is 0. The second-order valence-electron chi connectivity index (χ2n) is 13.8. The summed E-state index contributed by atoms with van der Waals surface area (Å²) in [5, 5.41) is 11.1. The fourth-order valence-electron chi connectivity index (χ4n) is 6.52. The number of benzene rings is 5. The molecule has 0 aliphatic carbocycles. The number of nitrogens with zero attached hydrogens (tertiary/aromatic N) is 3. The topological polar surface area (TPSA) is 111 Å². The van der Waals surface area contributed by atoms with Crippen LogP contribution < -0.4 is 9.47 Å². The van der Waals surface area contributed by atoms with E-state index < -0.39 is 28.0 Å². The van der Waals surface area contributed by atoms with Crippen molar-refractivity contribution < 1.29 is 28.7 Å². The zero-order chi connectivity index (χ0) is 40.5. The number of hydrogen-bond acceptors (Lipinski definition) is 9. The van der Waals surface area contributed by atoms with E-state index in [1.807, 2.05) is 37.0 Å². The van der Waals surface area contributed by atoms with E-state index in [1.54, 1.807) is 36.2 Å². The lowest BCUT2D eigenvalue weighted by Gasteiger charge is -2.35. The van der Waals surface area contributed by atoms with Gasteiger partial charge < -0.3 is 24.0 Å². The molecule has 0 bridgehead atoms. The van der Waals surface area contributed by atoms with Crippen molar-refractivity contribution in [2.75, 3.05) is 39.5 Å². The highest BCUT2D eigenvalue weighted by Gasteiger charge is 2.36. The molecule has 0 aromatic heterocycles. The van der Waals surface area contributed by atoms with Gasteiger partial charge in [0.25, 0.3) is 5.69 Å². The third-order valence-electron chi connectivity index (χ3n) is 9.80. The Morgan fingerprint density at radius 2 is 1.21 bits per heavy atom. The van der Waals surface area contributed by atoms with Gasteiger partial charge in [0.15, 0.2) is 0 Å². The Balaban J connectivity index is 1.24. The maximum Gasteiger partial charge on any atom is 0.514 e. The summed E-state index contributed by atoms with van der Waals surface area (Å²) in [7, 11) is 3.76. The fourth-order valence-corrected chi connectivity index (χ4v) is 8.09. The van der Waals surface area contributed by atoms with Crippen molar-refractivity contribution in [1.82, 2.24) is 9.80 Å². The molecule has 1 unspecified atom stereocenters. The number of rotatable bonds is 20. The summed E-state index contributed by atoms with van der Waals surface area (Å²) >= 11 is 1.92. The van der Waals surface area contributed by atoms with E-state index in [0.29, 0.717) is 18.7 Å². The molecule has 11 heteroatoms. The van der Waals surface area contributed by atoms with Crippen LogP contribution in [0, 0.1) is 10.1 Å². The molecule has 298 valence electrons. The number of amides is 1. The van der Waals surface area contributed by atoms with E-state index in [4.69, 9.17) is 14.2 Å². The summed E-state index contributed by atoms with van der Waals surface area (Å²) in [4.78, 5) is 40.1. The highest BCUT2D eigenvalue weighted by atomic mass is 32.2. The summed E-state index contributed by atoms with van der Waals surface area (Å²) in [6, 6.07) is 44.1. The van der Waals surface area contributed by atoms with Gasteiger partial charge in [-0.05, 0) is 98.1 Å². The molecule has 10 nitrogen and oxygen atoms in total. The predicted octanol–water partition coefficient (Wildman–Crippen LogP) is 10.9. The lowest BCUT2D eigenvalue weighted by atomic mass is 9.84. The maximum absolute atomic E-state index is 13.0. The second kappa shape index (κ2) is 21.6. The first kappa shape index (κ1) is 42.5. The van der Waals surface area contributed by atoms with Gasteiger partial charge in [-0.15, -0.1) is 11.8 Å². The van der Waals surface area contributed by atoms with Crippen LogP contribution in [0.1, 0.15) is 67.4 Å². The monoisotopic (exact) mass is 789 g/mol. The van der Waals surface area contributed by atoms with Gasteiger partial charge >= 0.3 is 12.2 Å². The Kier molecular flexibility index (Phi) is 16.1. The molecule has 0 saturated heterocycles. The molecular formula is C46H51N3O7S. The molecule has 5 aromatic rings. The number of non-ortho nitro benzene ring substituents is 1. The lowest BCUT2D eigenvalue weighted by Crippen LogP contribution is -2.32. The van der Waals surface area contributed by atoms with Crippen LogP contribution in [-0.2, 0) is 9.48 Å². The molecule has 5 aromatic carbocycles. The first-order chi connectivity index (χ1) is 27.7. The van der Waals surface area contributed by atoms with Crippen LogP contribution in [0.25, 0.3) is 0 Å². The SMILES string of the molecule is CCN(C)CCCN(C)C(=O)Oc1ccc(C(CCCCCSC(c2ccccc2)(c2ccccc2)c2ccccc2)OC(=O)Oc2ccc([N+](=O)[O-])cc2)cc1. The minimum atomic E-state index is -0.923. The van der Waals surface area contributed by atoms with Crippen LogP contribution in [0.3, 0.4) is 0 Å². The molecule has 0 N–H and O–H groups in total. The molecule has 0 aliphatic rings. The van der Waals surface area contributed by atoms with Crippen molar-refractivity contribution in [3.05, 3.63) is 172 Å². The van der Waals surface area contributed by atoms with E-state index >= 15 is 0 Å². The van der Waals surface area contributed by atoms with E-state index in [1.165, 1.54) is 41.0 Å². The Bertz CT molecular complexity index is 1890. The van der Waals surface area contributed by atoms with E-state index in [2.05, 4.69) is 84.6 Å². The number of carbonyl (C=O) groups excluding carboxylic acids is 2. The van der Waals surface area contributed by atoms with Crippen LogP contribution in [0.2, 0.25) is 0 Å². The first-order valence-electron chi connectivity index (χ1n) is 19.3. The van der Waals surface area contributed by atoms with E-state index in [0.717, 1.165) is 50.1 Å². The molecule has 0 saturated carbocycles. The standard InChI is InChI=1S/C46H51N3O7S/c1-4-47(2)33-17-34-48(3)44(50)54-41-29-25-36(26-30-41)43(56-45(51)55-42-31-27-40(28-32-42)49(52)53)24-15-8-16-35-57-46(37-18-9-5-10-19-37,38-20-11-6-12-21-38)39-22-13-7-14-23-39/h5-7,9-14,18-23,25-32,43H,4,8,15-17,24,33-35H2,1-3H3. The van der Waals surface area contributed by atoms with Crippen LogP contribution in [0.5, 0.6) is 11.5 Å². The summed E-state index contributed by atoms with van der Waals surface area (Å²) in [5.74, 6) is 1.40. The van der Waals surface area contributed by atoms with Crippen LogP contribution in [0.15, 0.2) is 140 Å². The number of unbranched alkanes of at least 4 members (excludes halogenated alkanes) is 2. The van der Waals surface area contributed by atoms with Gasteiger partial charge in [-0.1, -0.05) is 116 Å². The van der Waals surface area contributed by atoms with Crippen molar-refractivity contribution in [1.29, 1.82) is 0 Å². The Morgan fingerprint density at radius 3 is 1.74 bits per heavy atom. The predicted molar refractivity (Wildman–Crippen MR) is 226 cm³/mol. The summed E-state index contributed by atoms with van der Waals surface area (Å²) in [6.45, 7) is 4.48. The zero-order valence-corrected chi connectivity index (χ0v) is 33.6. The Labute approximate surface area is 339 Å². The minimum absolute atomic E-state index is 0.114. The molecule has 5 rings (SSSR count). The number of nitro benzene ring substituents is 1.